The summed E-state index contributed by atoms with van der Waals surface area (Å²) in [7, 11) is 0. The number of halogens is 4. The highest BCUT2D eigenvalue weighted by Crippen LogP contribution is 2.34. The molecule has 146 valence electrons. The fourth-order valence-electron chi connectivity index (χ4n) is 1.84. The molecule has 27 heavy (non-hydrogen) atoms. The highest BCUT2D eigenvalue weighted by atomic mass is 79.9. The maximum atomic E-state index is 12.3. The Morgan fingerprint density at radius 3 is 2.89 bits per heavy atom. The molecule has 0 aliphatic carbocycles. The number of alkyl halides is 3. The number of ether oxygens (including phenoxy) is 2. The van der Waals surface area contributed by atoms with Crippen LogP contribution in [0.4, 0.5) is 18.3 Å². The molecular weight excluding hydrogens is 455 g/mol. The number of hydrogen-bond donors (Lipinski definition) is 2. The van der Waals surface area contributed by atoms with Gasteiger partial charge in [-0.15, -0.1) is 24.5 Å². The summed E-state index contributed by atoms with van der Waals surface area (Å²) in [6, 6.07) is 1.96. The van der Waals surface area contributed by atoms with Gasteiger partial charge in [-0.2, -0.15) is 5.10 Å². The Morgan fingerprint density at radius 2 is 2.22 bits per heavy atom. The molecule has 0 saturated heterocycles. The molecule has 0 aliphatic rings. The first kappa shape index (κ1) is 21.0. The van der Waals surface area contributed by atoms with Crippen LogP contribution in [0.15, 0.2) is 27.1 Å². The molecule has 0 aliphatic heterocycles. The Balaban J connectivity index is 2.05. The standard InChI is InChI=1S/C15H13BrF3N3O4S/c1-2-25-12(23)4-9-7-27-14(21-9)22-20-6-8-3-10(26-15(17,18)19)5-11(16)13(8)24/h3,5-7,24H,2,4H2,1H3,(H,21,22). The molecule has 2 N–H and O–H groups in total. The van der Waals surface area contributed by atoms with E-state index in [-0.39, 0.29) is 28.8 Å². The van der Waals surface area contributed by atoms with E-state index in [1.807, 2.05) is 0 Å². The van der Waals surface area contributed by atoms with Crippen molar-refractivity contribution in [2.75, 3.05) is 12.0 Å². The van der Waals surface area contributed by atoms with Crippen LogP contribution in [-0.2, 0) is 16.0 Å². The Bertz CT molecular complexity index is 842. The minimum atomic E-state index is -4.86. The Kier molecular flexibility index (Phi) is 7.02. The molecule has 2 aromatic rings. The van der Waals surface area contributed by atoms with Crippen LogP contribution in [0.1, 0.15) is 18.2 Å². The quantitative estimate of drug-likeness (QED) is 0.362. The number of rotatable bonds is 7. The zero-order valence-electron chi connectivity index (χ0n) is 13.7. The van der Waals surface area contributed by atoms with Gasteiger partial charge in [0.1, 0.15) is 11.5 Å². The van der Waals surface area contributed by atoms with Crippen LogP contribution in [0, 0.1) is 0 Å². The summed E-state index contributed by atoms with van der Waals surface area (Å²) >= 11 is 4.12. The van der Waals surface area contributed by atoms with Crippen molar-refractivity contribution in [2.45, 2.75) is 19.7 Å². The van der Waals surface area contributed by atoms with Gasteiger partial charge >= 0.3 is 12.3 Å². The number of esters is 1. The summed E-state index contributed by atoms with van der Waals surface area (Å²) in [5.41, 5.74) is 3.04. The number of phenols is 1. The number of hydrogen-bond acceptors (Lipinski definition) is 8. The molecule has 1 heterocycles. The Labute approximate surface area is 164 Å². The molecular formula is C15H13BrF3N3O4S. The molecule has 1 aromatic carbocycles. The highest BCUT2D eigenvalue weighted by Gasteiger charge is 2.31. The van der Waals surface area contributed by atoms with Gasteiger partial charge in [-0.05, 0) is 35.0 Å². The van der Waals surface area contributed by atoms with Crippen LogP contribution in [-0.4, -0.2) is 35.2 Å². The van der Waals surface area contributed by atoms with Crippen molar-refractivity contribution in [3.8, 4) is 11.5 Å². The monoisotopic (exact) mass is 467 g/mol. The van der Waals surface area contributed by atoms with E-state index in [1.54, 1.807) is 12.3 Å². The number of aromatic hydroxyl groups is 1. The first-order chi connectivity index (χ1) is 12.7. The van der Waals surface area contributed by atoms with Gasteiger partial charge in [0.15, 0.2) is 0 Å². The van der Waals surface area contributed by atoms with Gasteiger partial charge in [-0.1, -0.05) is 0 Å². The lowest BCUT2D eigenvalue weighted by atomic mass is 10.2. The number of phenolic OH excluding ortho intramolecular Hbond substituents is 1. The second-order valence-electron chi connectivity index (χ2n) is 4.89. The largest absolute Gasteiger partial charge is 0.573 e. The second kappa shape index (κ2) is 9.04. The van der Waals surface area contributed by atoms with Crippen LogP contribution in [0.3, 0.4) is 0 Å². The number of hydrazone groups is 1. The van der Waals surface area contributed by atoms with Gasteiger partial charge in [0, 0.05) is 10.9 Å². The van der Waals surface area contributed by atoms with Crippen molar-refractivity contribution >= 4 is 44.6 Å². The molecule has 0 saturated carbocycles. The second-order valence-corrected chi connectivity index (χ2v) is 6.60. The smallest absolute Gasteiger partial charge is 0.506 e. The lowest BCUT2D eigenvalue weighted by molar-refractivity contribution is -0.274. The third-order valence-electron chi connectivity index (χ3n) is 2.85. The van der Waals surface area contributed by atoms with Crippen molar-refractivity contribution in [2.24, 2.45) is 5.10 Å². The van der Waals surface area contributed by atoms with Gasteiger partial charge in [0.2, 0.25) is 5.13 Å². The number of anilines is 1. The van der Waals surface area contributed by atoms with Crippen molar-refractivity contribution in [1.82, 2.24) is 4.98 Å². The summed E-state index contributed by atoms with van der Waals surface area (Å²) in [5, 5.41) is 15.7. The van der Waals surface area contributed by atoms with Gasteiger partial charge in [-0.3, -0.25) is 10.2 Å². The van der Waals surface area contributed by atoms with E-state index in [4.69, 9.17) is 4.74 Å². The number of benzene rings is 1. The minimum Gasteiger partial charge on any atom is -0.506 e. The number of thiazole rings is 1. The predicted molar refractivity (Wildman–Crippen MR) is 96.2 cm³/mol. The molecule has 0 amide bonds. The van der Waals surface area contributed by atoms with Gasteiger partial charge in [0.25, 0.3) is 0 Å². The molecule has 1 aromatic heterocycles. The zero-order chi connectivity index (χ0) is 20.0. The number of carbonyl (C=O) groups is 1. The predicted octanol–water partition coefficient (Wildman–Crippen LogP) is 4.06. The fraction of sp³-hybridized carbons (Fsp3) is 0.267. The summed E-state index contributed by atoms with van der Waals surface area (Å²) < 4.78 is 45.7. The van der Waals surface area contributed by atoms with Crippen LogP contribution in [0.2, 0.25) is 0 Å². The molecule has 0 atom stereocenters. The van der Waals surface area contributed by atoms with Crippen molar-refractivity contribution < 1.29 is 32.5 Å². The fourth-order valence-corrected chi connectivity index (χ4v) is 2.96. The lowest BCUT2D eigenvalue weighted by Crippen LogP contribution is -2.17. The van der Waals surface area contributed by atoms with E-state index < -0.39 is 18.1 Å². The SMILES string of the molecule is CCOC(=O)Cc1csc(NN=Cc2cc(OC(F)(F)F)cc(Br)c2O)n1. The van der Waals surface area contributed by atoms with E-state index >= 15 is 0 Å². The summed E-state index contributed by atoms with van der Waals surface area (Å²) in [6.45, 7) is 1.97. The number of aromatic nitrogens is 1. The van der Waals surface area contributed by atoms with Crippen LogP contribution < -0.4 is 10.2 Å². The summed E-state index contributed by atoms with van der Waals surface area (Å²) in [4.78, 5) is 15.5. The van der Waals surface area contributed by atoms with E-state index in [2.05, 4.69) is 36.2 Å². The Hall–Kier alpha value is -2.34. The molecule has 0 unspecified atom stereocenters. The molecule has 0 spiro atoms. The van der Waals surface area contributed by atoms with E-state index in [0.29, 0.717) is 10.8 Å². The lowest BCUT2D eigenvalue weighted by Gasteiger charge is -2.11. The van der Waals surface area contributed by atoms with Crippen molar-refractivity contribution in [1.29, 1.82) is 0 Å². The van der Waals surface area contributed by atoms with Gasteiger partial charge in [0.05, 0.1) is 29.4 Å². The maximum Gasteiger partial charge on any atom is 0.573 e. The normalized spacial score (nSPS) is 11.6. The average molecular weight is 468 g/mol. The van der Waals surface area contributed by atoms with Gasteiger partial charge < -0.3 is 14.6 Å². The molecule has 7 nitrogen and oxygen atoms in total. The van der Waals surface area contributed by atoms with E-state index in [9.17, 15) is 23.1 Å². The first-order valence-corrected chi connectivity index (χ1v) is 9.02. The molecule has 12 heteroatoms. The minimum absolute atomic E-state index is 0.0108. The topological polar surface area (TPSA) is 93.0 Å². The van der Waals surface area contributed by atoms with E-state index in [1.165, 1.54) is 11.3 Å². The van der Waals surface area contributed by atoms with Crippen LogP contribution in [0.5, 0.6) is 11.5 Å². The zero-order valence-corrected chi connectivity index (χ0v) is 16.1. The van der Waals surface area contributed by atoms with Crippen molar-refractivity contribution in [3.05, 3.63) is 33.2 Å². The number of nitrogens with one attached hydrogen (secondary N) is 1. The summed E-state index contributed by atoms with van der Waals surface area (Å²) in [5.74, 6) is -1.23. The third-order valence-corrected chi connectivity index (χ3v) is 4.25. The highest BCUT2D eigenvalue weighted by molar-refractivity contribution is 9.10. The molecule has 0 radical (unpaired) electrons. The number of carbonyl (C=O) groups excluding carboxylic acids is 1. The molecule has 0 fully saturated rings. The maximum absolute atomic E-state index is 12.3. The van der Waals surface area contributed by atoms with E-state index in [0.717, 1.165) is 18.3 Å². The molecule has 0 bridgehead atoms. The van der Waals surface area contributed by atoms with Gasteiger partial charge in [-0.25, -0.2) is 4.98 Å². The summed E-state index contributed by atoms with van der Waals surface area (Å²) in [6.07, 6.45) is -3.74. The van der Waals surface area contributed by atoms with Crippen molar-refractivity contribution in [3.63, 3.8) is 0 Å². The number of nitrogens with zero attached hydrogens (tertiary/aromatic N) is 2. The Morgan fingerprint density at radius 1 is 1.48 bits per heavy atom. The van der Waals surface area contributed by atoms with Crippen LogP contribution >= 0.6 is 27.3 Å². The third kappa shape index (κ3) is 6.71. The van der Waals surface area contributed by atoms with Crippen LogP contribution in [0.25, 0.3) is 0 Å². The first-order valence-electron chi connectivity index (χ1n) is 7.35. The molecule has 2 rings (SSSR count). The average Bonchev–Trinajstić information content (AvgIpc) is 2.97.